The Balaban J connectivity index is 1.75. The number of hydrogen-bond acceptors (Lipinski definition) is 4. The Labute approximate surface area is 121 Å². The molecule has 3 fully saturated rings. The lowest BCUT2D eigenvalue weighted by atomic mass is 9.63. The van der Waals surface area contributed by atoms with Gasteiger partial charge < -0.3 is 0 Å². The zero-order chi connectivity index (χ0) is 15.0. The maximum absolute atomic E-state index is 12.7. The molecule has 5 rings (SSSR count). The Bertz CT molecular complexity index is 575. The largest absolute Gasteiger partial charge is 0.273 e. The molecular weight excluding hydrogens is 272 g/mol. The van der Waals surface area contributed by atoms with E-state index in [0.29, 0.717) is 16.8 Å². The maximum atomic E-state index is 12.7. The van der Waals surface area contributed by atoms with Crippen LogP contribution in [-0.2, 0) is 19.2 Å². The molecule has 0 N–H and O–H groups in total. The third kappa shape index (κ3) is 1.42. The quantitative estimate of drug-likeness (QED) is 0.515. The fourth-order valence-corrected chi connectivity index (χ4v) is 4.64. The molecule has 6 nitrogen and oxygen atoms in total. The molecule has 0 spiro atoms. The first-order valence-electron chi connectivity index (χ1n) is 7.30. The first-order valence-corrected chi connectivity index (χ1v) is 7.30. The molecule has 2 saturated carbocycles. The molecule has 0 aromatic heterocycles. The van der Waals surface area contributed by atoms with Gasteiger partial charge in [0.05, 0.1) is 11.8 Å². The highest BCUT2D eigenvalue weighted by Gasteiger charge is 2.68. The van der Waals surface area contributed by atoms with Gasteiger partial charge in [0, 0.05) is 13.8 Å². The van der Waals surface area contributed by atoms with Crippen molar-refractivity contribution in [3.63, 3.8) is 0 Å². The Kier molecular flexibility index (Phi) is 2.31. The van der Waals surface area contributed by atoms with Gasteiger partial charge in [-0.05, 0) is 30.1 Å². The van der Waals surface area contributed by atoms with Crippen LogP contribution < -0.4 is 0 Å². The van der Waals surface area contributed by atoms with Gasteiger partial charge in [0.15, 0.2) is 0 Å². The van der Waals surface area contributed by atoms with Gasteiger partial charge in [-0.3, -0.25) is 19.2 Å². The molecule has 2 bridgehead atoms. The second-order valence-corrected chi connectivity index (χ2v) is 6.49. The van der Waals surface area contributed by atoms with Crippen molar-refractivity contribution in [1.29, 1.82) is 0 Å². The van der Waals surface area contributed by atoms with E-state index < -0.39 is 23.7 Å². The molecule has 5 aliphatic rings. The number of hydrazine groups is 1. The van der Waals surface area contributed by atoms with Crippen molar-refractivity contribution in [1.82, 2.24) is 10.0 Å². The van der Waals surface area contributed by atoms with Crippen molar-refractivity contribution in [3.8, 4) is 0 Å². The average Bonchev–Trinajstić information content (AvgIpc) is 3.19. The molecule has 0 aromatic rings. The average molecular weight is 288 g/mol. The van der Waals surface area contributed by atoms with Crippen LogP contribution in [0.1, 0.15) is 20.3 Å². The second kappa shape index (κ2) is 3.81. The van der Waals surface area contributed by atoms with Gasteiger partial charge in [0.2, 0.25) is 11.8 Å². The lowest BCUT2D eigenvalue weighted by Gasteiger charge is -2.37. The van der Waals surface area contributed by atoms with Crippen LogP contribution >= 0.6 is 0 Å². The molecule has 0 unspecified atom stereocenters. The number of amides is 4. The minimum absolute atomic E-state index is 0.0900. The van der Waals surface area contributed by atoms with E-state index in [1.165, 1.54) is 13.8 Å². The Hall–Kier alpha value is -1.98. The van der Waals surface area contributed by atoms with Crippen LogP contribution in [0.5, 0.6) is 0 Å². The van der Waals surface area contributed by atoms with Crippen LogP contribution in [0.2, 0.25) is 0 Å². The number of hydrogen-bond donors (Lipinski definition) is 0. The summed E-state index contributed by atoms with van der Waals surface area (Å²) in [6.45, 7) is 2.38. The highest BCUT2D eigenvalue weighted by atomic mass is 16.2. The summed E-state index contributed by atoms with van der Waals surface area (Å²) in [5.74, 6) is -1.58. The van der Waals surface area contributed by atoms with Gasteiger partial charge in [0.25, 0.3) is 11.8 Å². The van der Waals surface area contributed by atoms with Crippen LogP contribution in [0, 0.1) is 35.5 Å². The summed E-state index contributed by atoms with van der Waals surface area (Å²) < 4.78 is 0. The maximum Gasteiger partial charge on any atom is 0.253 e. The fraction of sp³-hybridized carbons (Fsp3) is 0.600. The van der Waals surface area contributed by atoms with E-state index in [2.05, 4.69) is 12.2 Å². The van der Waals surface area contributed by atoms with Crippen LogP contribution in [0.25, 0.3) is 0 Å². The van der Waals surface area contributed by atoms with Gasteiger partial charge in [-0.25, -0.2) is 0 Å². The number of nitrogens with zero attached hydrogens (tertiary/aromatic N) is 2. The molecule has 0 radical (unpaired) electrons. The van der Waals surface area contributed by atoms with Crippen molar-refractivity contribution in [3.05, 3.63) is 12.2 Å². The Morgan fingerprint density at radius 3 is 1.81 bits per heavy atom. The van der Waals surface area contributed by atoms with E-state index in [0.717, 1.165) is 11.4 Å². The van der Waals surface area contributed by atoms with Crippen LogP contribution in [-0.4, -0.2) is 33.6 Å². The predicted octanol–water partition coefficient (Wildman–Crippen LogP) is 0.350. The summed E-state index contributed by atoms with van der Waals surface area (Å²) in [5, 5.41) is 1.49. The summed E-state index contributed by atoms with van der Waals surface area (Å²) in [6, 6.07) is 0. The van der Waals surface area contributed by atoms with Gasteiger partial charge in [0.1, 0.15) is 0 Å². The van der Waals surface area contributed by atoms with E-state index in [9.17, 15) is 19.2 Å². The number of allylic oxidation sites excluding steroid dienone is 2. The summed E-state index contributed by atoms with van der Waals surface area (Å²) in [4.78, 5) is 48.7. The summed E-state index contributed by atoms with van der Waals surface area (Å²) in [5.41, 5.74) is 0. The molecule has 1 aliphatic heterocycles. The predicted molar refractivity (Wildman–Crippen MR) is 69.8 cm³/mol. The van der Waals surface area contributed by atoms with E-state index in [-0.39, 0.29) is 23.7 Å². The topological polar surface area (TPSA) is 74.8 Å². The number of carbonyl (C=O) groups excluding carboxylic acids is 4. The third-order valence-corrected chi connectivity index (χ3v) is 5.44. The lowest BCUT2D eigenvalue weighted by molar-refractivity contribution is -0.175. The fourth-order valence-electron chi connectivity index (χ4n) is 4.64. The Morgan fingerprint density at radius 1 is 1.00 bits per heavy atom. The molecule has 6 atom stereocenters. The monoisotopic (exact) mass is 288 g/mol. The van der Waals surface area contributed by atoms with Crippen LogP contribution in [0.3, 0.4) is 0 Å². The standard InChI is InChI=1S/C15H16N2O4/c1-6(18)16(7(2)19)17-14(20)12-8-3-4-9(11-5-10(8)11)13(12)15(17)21/h3-4,8-13H,5H2,1-2H3/t8-,9-,10-,11-,12-,13+/m1/s1. The minimum atomic E-state index is -0.603. The smallest absolute Gasteiger partial charge is 0.253 e. The number of imide groups is 2. The second-order valence-electron chi connectivity index (χ2n) is 6.49. The molecule has 4 amide bonds. The molecule has 6 heteroatoms. The van der Waals surface area contributed by atoms with E-state index in [1.807, 2.05) is 0 Å². The molecule has 1 saturated heterocycles. The normalized spacial score (nSPS) is 41.9. The highest BCUT2D eigenvalue weighted by molar-refractivity contribution is 6.10. The van der Waals surface area contributed by atoms with E-state index in [4.69, 9.17) is 0 Å². The third-order valence-electron chi connectivity index (χ3n) is 5.44. The van der Waals surface area contributed by atoms with Crippen molar-refractivity contribution in [2.75, 3.05) is 0 Å². The van der Waals surface area contributed by atoms with Crippen molar-refractivity contribution >= 4 is 23.6 Å². The molecule has 1 heterocycles. The first kappa shape index (κ1) is 12.7. The van der Waals surface area contributed by atoms with Crippen LogP contribution in [0.4, 0.5) is 0 Å². The summed E-state index contributed by atoms with van der Waals surface area (Å²) in [6.07, 6.45) is 5.19. The van der Waals surface area contributed by atoms with Gasteiger partial charge in [-0.1, -0.05) is 12.2 Å². The minimum Gasteiger partial charge on any atom is -0.273 e. The Morgan fingerprint density at radius 2 is 1.43 bits per heavy atom. The molecule has 110 valence electrons. The van der Waals surface area contributed by atoms with Gasteiger partial charge in [-0.15, -0.1) is 0 Å². The molecular formula is C15H16N2O4. The molecule has 4 aliphatic carbocycles. The SMILES string of the molecule is CC(=O)N(C(C)=O)N1C(=O)[C@@H]2[C@@H]3C=C[C@H]([C@H]4C[C@H]34)[C@@H]2C1=O. The highest BCUT2D eigenvalue weighted by Crippen LogP contribution is 2.65. The van der Waals surface area contributed by atoms with Crippen molar-refractivity contribution < 1.29 is 19.2 Å². The molecule has 0 aromatic carbocycles. The summed E-state index contributed by atoms with van der Waals surface area (Å²) >= 11 is 0. The van der Waals surface area contributed by atoms with Crippen molar-refractivity contribution in [2.45, 2.75) is 20.3 Å². The van der Waals surface area contributed by atoms with Crippen molar-refractivity contribution in [2.24, 2.45) is 35.5 Å². The number of rotatable bonds is 1. The zero-order valence-corrected chi connectivity index (χ0v) is 11.9. The number of carbonyl (C=O) groups is 4. The first-order chi connectivity index (χ1) is 9.93. The lowest BCUT2D eigenvalue weighted by Crippen LogP contribution is -2.51. The van der Waals surface area contributed by atoms with E-state index in [1.54, 1.807) is 0 Å². The van der Waals surface area contributed by atoms with Crippen LogP contribution in [0.15, 0.2) is 12.2 Å². The van der Waals surface area contributed by atoms with E-state index >= 15 is 0 Å². The zero-order valence-electron chi connectivity index (χ0n) is 11.9. The summed E-state index contributed by atoms with van der Waals surface area (Å²) in [7, 11) is 0. The molecule has 21 heavy (non-hydrogen) atoms. The van der Waals surface area contributed by atoms with Gasteiger partial charge in [-0.2, -0.15) is 10.0 Å². The van der Waals surface area contributed by atoms with Gasteiger partial charge >= 0.3 is 0 Å².